The molecular weight excluding hydrogens is 202 g/mol. The Morgan fingerprint density at radius 2 is 2.00 bits per heavy atom. The molecule has 0 aromatic carbocycles. The van der Waals surface area contributed by atoms with Gasteiger partial charge in [-0.2, -0.15) is 0 Å². The normalized spacial score (nSPS) is 27.6. The van der Waals surface area contributed by atoms with Gasteiger partial charge >= 0.3 is 0 Å². The highest BCUT2D eigenvalue weighted by Gasteiger charge is 2.38. The lowest BCUT2D eigenvalue weighted by atomic mass is 9.89. The van der Waals surface area contributed by atoms with Gasteiger partial charge in [-0.15, -0.1) is 0 Å². The zero-order valence-corrected chi connectivity index (χ0v) is 12.0. The largest absolute Gasteiger partial charge is 0.381 e. The van der Waals surface area contributed by atoms with Crippen molar-refractivity contribution in [1.29, 1.82) is 0 Å². The first-order valence-electron chi connectivity index (χ1n) is 6.14. The van der Waals surface area contributed by atoms with Crippen LogP contribution < -0.4 is 5.32 Å². The van der Waals surface area contributed by atoms with E-state index in [0.717, 1.165) is 19.8 Å². The Morgan fingerprint density at radius 3 is 2.40 bits per heavy atom. The molecule has 1 heterocycles. The molecule has 1 fully saturated rings. The molecule has 0 radical (unpaired) electrons. The van der Waals surface area contributed by atoms with Gasteiger partial charge in [-0.3, -0.25) is 0 Å². The third-order valence-corrected chi connectivity index (χ3v) is 4.79. The van der Waals surface area contributed by atoms with Crippen LogP contribution in [0.15, 0.2) is 0 Å². The zero-order valence-electron chi connectivity index (χ0n) is 11.0. The first kappa shape index (κ1) is 13.2. The van der Waals surface area contributed by atoms with E-state index in [1.54, 1.807) is 0 Å². The Bertz CT molecular complexity index is 192. The van der Waals surface area contributed by atoms with Gasteiger partial charge in [-0.25, -0.2) is 0 Å². The Balaban J connectivity index is 2.54. The van der Waals surface area contributed by atoms with Crippen molar-refractivity contribution >= 4 is 8.07 Å². The molecule has 1 saturated heterocycles. The fourth-order valence-electron chi connectivity index (χ4n) is 2.54. The summed E-state index contributed by atoms with van der Waals surface area (Å²) in [6.07, 6.45) is 1.25. The highest BCUT2D eigenvalue weighted by molar-refractivity contribution is 6.76. The minimum Gasteiger partial charge on any atom is -0.381 e. The van der Waals surface area contributed by atoms with Crippen molar-refractivity contribution in [3.63, 3.8) is 0 Å². The number of hydrogen-bond donors (Lipinski definition) is 1. The van der Waals surface area contributed by atoms with E-state index in [9.17, 15) is 0 Å². The molecule has 1 unspecified atom stereocenters. The van der Waals surface area contributed by atoms with Crippen molar-refractivity contribution in [3.8, 4) is 0 Å². The number of rotatable bonds is 5. The predicted molar refractivity (Wildman–Crippen MR) is 69.2 cm³/mol. The molecule has 1 rings (SSSR count). The van der Waals surface area contributed by atoms with Crippen molar-refractivity contribution in [2.45, 2.75) is 52.0 Å². The van der Waals surface area contributed by atoms with Gasteiger partial charge in [0.15, 0.2) is 0 Å². The molecule has 1 atom stereocenters. The van der Waals surface area contributed by atoms with Crippen LogP contribution in [0.5, 0.6) is 0 Å². The molecule has 0 aliphatic carbocycles. The van der Waals surface area contributed by atoms with Crippen molar-refractivity contribution in [2.75, 3.05) is 19.8 Å². The monoisotopic (exact) mass is 229 g/mol. The maximum atomic E-state index is 5.62. The lowest BCUT2D eigenvalue weighted by Gasteiger charge is -2.34. The molecule has 1 aliphatic rings. The summed E-state index contributed by atoms with van der Waals surface area (Å²) in [6.45, 7) is 14.9. The second kappa shape index (κ2) is 4.98. The first-order valence-corrected chi connectivity index (χ1v) is 9.85. The van der Waals surface area contributed by atoms with Gasteiger partial charge in [0.25, 0.3) is 0 Å². The van der Waals surface area contributed by atoms with E-state index < -0.39 is 8.07 Å². The summed E-state index contributed by atoms with van der Waals surface area (Å²) >= 11 is 0. The predicted octanol–water partition coefficient (Wildman–Crippen LogP) is 2.73. The van der Waals surface area contributed by atoms with Crippen molar-refractivity contribution in [2.24, 2.45) is 5.41 Å². The maximum Gasteiger partial charge on any atom is 0.0532 e. The van der Waals surface area contributed by atoms with Crippen LogP contribution in [0.4, 0.5) is 0 Å². The topological polar surface area (TPSA) is 21.3 Å². The van der Waals surface area contributed by atoms with Crippen LogP contribution in [0.3, 0.4) is 0 Å². The van der Waals surface area contributed by atoms with E-state index in [1.165, 1.54) is 12.5 Å². The summed E-state index contributed by atoms with van der Waals surface area (Å²) in [5.41, 5.74) is 0.439. The molecule has 90 valence electrons. The van der Waals surface area contributed by atoms with E-state index >= 15 is 0 Å². The second-order valence-corrected chi connectivity index (χ2v) is 12.1. The lowest BCUT2D eigenvalue weighted by molar-refractivity contribution is 0.156. The van der Waals surface area contributed by atoms with E-state index in [0.29, 0.717) is 11.5 Å². The Morgan fingerprint density at radius 1 is 1.33 bits per heavy atom. The molecule has 0 bridgehead atoms. The molecule has 15 heavy (non-hydrogen) atoms. The van der Waals surface area contributed by atoms with E-state index in [1.807, 2.05) is 0 Å². The van der Waals surface area contributed by atoms with Gasteiger partial charge in [0, 0.05) is 32.7 Å². The fraction of sp³-hybridized carbons (Fsp3) is 1.00. The Labute approximate surface area is 95.8 Å². The van der Waals surface area contributed by atoms with E-state index in [-0.39, 0.29) is 0 Å². The zero-order chi connectivity index (χ0) is 11.5. The maximum absolute atomic E-state index is 5.62. The van der Waals surface area contributed by atoms with Gasteiger partial charge in [0.2, 0.25) is 0 Å². The molecule has 1 N–H and O–H groups in total. The summed E-state index contributed by atoms with van der Waals surface area (Å²) in [5.74, 6) is 0. The van der Waals surface area contributed by atoms with Crippen molar-refractivity contribution in [3.05, 3.63) is 0 Å². The number of hydrogen-bond acceptors (Lipinski definition) is 2. The van der Waals surface area contributed by atoms with Crippen LogP contribution in [0, 0.1) is 5.41 Å². The Hall–Kier alpha value is 0.137. The molecule has 3 heteroatoms. The molecule has 0 spiro atoms. The molecule has 2 nitrogen and oxygen atoms in total. The first-order chi connectivity index (χ1) is 6.83. The van der Waals surface area contributed by atoms with E-state index in [4.69, 9.17) is 4.74 Å². The molecule has 0 saturated carbocycles. The third-order valence-electron chi connectivity index (χ3n) is 2.98. The molecular formula is C12H27NOSi. The minimum atomic E-state index is -0.987. The highest BCUT2D eigenvalue weighted by atomic mass is 28.3. The molecule has 1 aliphatic heterocycles. The average molecular weight is 229 g/mol. The molecule has 0 amide bonds. The summed E-state index contributed by atoms with van der Waals surface area (Å²) < 4.78 is 5.62. The van der Waals surface area contributed by atoms with Gasteiger partial charge in [-0.05, 0) is 12.5 Å². The van der Waals surface area contributed by atoms with Crippen LogP contribution in [0.1, 0.15) is 20.3 Å². The van der Waals surface area contributed by atoms with Crippen LogP contribution in [-0.4, -0.2) is 33.9 Å². The van der Waals surface area contributed by atoms with Gasteiger partial charge in [-0.1, -0.05) is 33.5 Å². The lowest BCUT2D eigenvalue weighted by Crippen LogP contribution is -2.42. The van der Waals surface area contributed by atoms with E-state index in [2.05, 4.69) is 38.8 Å². The van der Waals surface area contributed by atoms with Crippen molar-refractivity contribution < 1.29 is 4.74 Å². The summed E-state index contributed by atoms with van der Waals surface area (Å²) in [5, 5.41) is 3.59. The van der Waals surface area contributed by atoms with Crippen LogP contribution in [0.2, 0.25) is 25.7 Å². The minimum absolute atomic E-state index is 0.439. The quantitative estimate of drug-likeness (QED) is 0.732. The average Bonchev–Trinajstić information content (AvgIpc) is 2.47. The standard InChI is InChI=1S/C12H27NOSi/c1-11(2)13-8-12(6-7-14-9-12)10-15(3,4)5/h11,13H,6-10H2,1-5H3. The molecule has 0 aromatic rings. The molecule has 0 aromatic heterocycles. The van der Waals surface area contributed by atoms with Crippen molar-refractivity contribution in [1.82, 2.24) is 5.32 Å². The Kier molecular flexibility index (Phi) is 4.38. The third kappa shape index (κ3) is 4.66. The number of nitrogens with one attached hydrogen (secondary N) is 1. The SMILES string of the molecule is CC(C)NCC1(C[Si](C)(C)C)CCOC1. The number of ether oxygens (including phenoxy) is 1. The van der Waals surface area contributed by atoms with Gasteiger partial charge in [0.05, 0.1) is 6.61 Å². The summed E-state index contributed by atoms with van der Waals surface area (Å²) in [4.78, 5) is 0. The smallest absolute Gasteiger partial charge is 0.0532 e. The second-order valence-electron chi connectivity index (χ2n) is 6.58. The van der Waals surface area contributed by atoms with Gasteiger partial charge in [0.1, 0.15) is 0 Å². The summed E-state index contributed by atoms with van der Waals surface area (Å²) in [7, 11) is -0.987. The van der Waals surface area contributed by atoms with Crippen LogP contribution in [-0.2, 0) is 4.74 Å². The van der Waals surface area contributed by atoms with Gasteiger partial charge < -0.3 is 10.1 Å². The van der Waals surface area contributed by atoms with Crippen LogP contribution in [0.25, 0.3) is 0 Å². The summed E-state index contributed by atoms with van der Waals surface area (Å²) in [6, 6.07) is 1.98. The van der Waals surface area contributed by atoms with Crippen LogP contribution >= 0.6 is 0 Å². The fourth-order valence-corrected chi connectivity index (χ4v) is 5.19. The highest BCUT2D eigenvalue weighted by Crippen LogP contribution is 2.36.